The van der Waals surface area contributed by atoms with Gasteiger partial charge < -0.3 is 14.9 Å². The van der Waals surface area contributed by atoms with Crippen molar-refractivity contribution in [3.05, 3.63) is 48.5 Å². The standard InChI is InChI=1S/C20H28N6S2/c1-14(2)16-4-3-5-17(27-10-15-11-28-20(21)24-15)19(26-9-7-23-13-26)18(16)25-8-6-22-12-25/h6-9,11-14,16-19H,3-5,10H2,1-2H3,(H2,21,24). The summed E-state index contributed by atoms with van der Waals surface area (Å²) in [5.74, 6) is 2.11. The van der Waals surface area contributed by atoms with Gasteiger partial charge in [0.15, 0.2) is 5.13 Å². The summed E-state index contributed by atoms with van der Waals surface area (Å²) in [5.41, 5.74) is 6.91. The van der Waals surface area contributed by atoms with Gasteiger partial charge in [-0.3, -0.25) is 0 Å². The fraction of sp³-hybridized carbons (Fsp3) is 0.550. The second kappa shape index (κ2) is 8.69. The van der Waals surface area contributed by atoms with E-state index in [-0.39, 0.29) is 0 Å². The number of hydrogen-bond donors (Lipinski definition) is 1. The van der Waals surface area contributed by atoms with Gasteiger partial charge in [-0.25, -0.2) is 15.0 Å². The van der Waals surface area contributed by atoms with Crippen molar-refractivity contribution in [2.45, 2.75) is 56.2 Å². The molecule has 1 fully saturated rings. The smallest absolute Gasteiger partial charge is 0.180 e. The minimum Gasteiger partial charge on any atom is -0.375 e. The number of nitrogen functional groups attached to an aromatic ring is 1. The lowest BCUT2D eigenvalue weighted by molar-refractivity contribution is 0.187. The fourth-order valence-electron chi connectivity index (χ4n) is 4.52. The molecule has 0 radical (unpaired) electrons. The summed E-state index contributed by atoms with van der Waals surface area (Å²) < 4.78 is 4.65. The van der Waals surface area contributed by atoms with E-state index in [0.29, 0.717) is 34.3 Å². The minimum absolute atomic E-state index is 0.326. The van der Waals surface area contributed by atoms with Crippen molar-refractivity contribution < 1.29 is 0 Å². The van der Waals surface area contributed by atoms with Crippen molar-refractivity contribution in [3.8, 4) is 0 Å². The molecule has 1 saturated carbocycles. The van der Waals surface area contributed by atoms with Crippen LogP contribution in [0.2, 0.25) is 0 Å². The van der Waals surface area contributed by atoms with Crippen molar-refractivity contribution in [2.75, 3.05) is 5.73 Å². The van der Waals surface area contributed by atoms with E-state index in [1.54, 1.807) is 0 Å². The van der Waals surface area contributed by atoms with Gasteiger partial charge in [0.25, 0.3) is 0 Å². The average molecular weight is 417 g/mol. The molecule has 0 saturated heterocycles. The number of rotatable bonds is 6. The van der Waals surface area contributed by atoms with Gasteiger partial charge in [0, 0.05) is 41.2 Å². The zero-order chi connectivity index (χ0) is 19.5. The third-order valence-corrected chi connectivity index (χ3v) is 7.93. The number of anilines is 1. The second-order valence-electron chi connectivity index (χ2n) is 7.87. The topological polar surface area (TPSA) is 74.5 Å². The Morgan fingerprint density at radius 3 is 2.43 bits per heavy atom. The Hall–Kier alpha value is -1.80. The molecule has 0 aromatic carbocycles. The van der Waals surface area contributed by atoms with Crippen molar-refractivity contribution in [2.24, 2.45) is 11.8 Å². The highest BCUT2D eigenvalue weighted by atomic mass is 32.2. The number of hydrogen-bond acceptors (Lipinski definition) is 6. The van der Waals surface area contributed by atoms with Gasteiger partial charge in [0.05, 0.1) is 30.4 Å². The van der Waals surface area contributed by atoms with Gasteiger partial charge in [0.2, 0.25) is 0 Å². The summed E-state index contributed by atoms with van der Waals surface area (Å²) in [6.07, 6.45) is 15.7. The molecule has 4 rings (SSSR count). The summed E-state index contributed by atoms with van der Waals surface area (Å²) in [5, 5.41) is 3.21. The van der Waals surface area contributed by atoms with E-state index in [4.69, 9.17) is 5.73 Å². The molecule has 4 atom stereocenters. The highest BCUT2D eigenvalue weighted by Gasteiger charge is 2.40. The molecule has 8 heteroatoms. The number of imidazole rings is 2. The van der Waals surface area contributed by atoms with Gasteiger partial charge in [-0.2, -0.15) is 0 Å². The van der Waals surface area contributed by atoms with Gasteiger partial charge in [-0.1, -0.05) is 20.3 Å². The van der Waals surface area contributed by atoms with E-state index < -0.39 is 0 Å². The number of thioether (sulfide) groups is 1. The molecule has 3 heterocycles. The first-order valence-electron chi connectivity index (χ1n) is 9.90. The summed E-state index contributed by atoms with van der Waals surface area (Å²) >= 11 is 3.53. The van der Waals surface area contributed by atoms with Crippen molar-refractivity contribution in [1.29, 1.82) is 0 Å². The van der Waals surface area contributed by atoms with Crippen LogP contribution in [0.5, 0.6) is 0 Å². The monoisotopic (exact) mass is 416 g/mol. The Labute approximate surface area is 174 Å². The maximum absolute atomic E-state index is 5.83. The van der Waals surface area contributed by atoms with E-state index in [9.17, 15) is 0 Å². The van der Waals surface area contributed by atoms with Crippen LogP contribution in [0.1, 0.15) is 50.9 Å². The SMILES string of the molecule is CC(C)C1CCCC(SCc2csc(N)n2)C(n2ccnc2)C1n1ccnc1. The molecular formula is C20H28N6S2. The molecule has 28 heavy (non-hydrogen) atoms. The van der Waals surface area contributed by atoms with Crippen LogP contribution in [-0.2, 0) is 5.75 Å². The van der Waals surface area contributed by atoms with E-state index in [0.717, 1.165) is 11.4 Å². The lowest BCUT2D eigenvalue weighted by atomic mass is 9.82. The second-order valence-corrected chi connectivity index (χ2v) is 9.98. The van der Waals surface area contributed by atoms with Gasteiger partial charge in [-0.15, -0.1) is 23.1 Å². The van der Waals surface area contributed by atoms with Gasteiger partial charge in [0.1, 0.15) is 0 Å². The van der Waals surface area contributed by atoms with E-state index >= 15 is 0 Å². The van der Waals surface area contributed by atoms with Crippen LogP contribution in [0, 0.1) is 11.8 Å². The molecule has 3 aromatic rings. The Kier molecular flexibility index (Phi) is 6.06. The molecule has 6 nitrogen and oxygen atoms in total. The molecule has 150 valence electrons. The first-order valence-corrected chi connectivity index (χ1v) is 11.8. The quantitative estimate of drug-likeness (QED) is 0.592. The average Bonchev–Trinajstić information content (AvgIpc) is 3.42. The van der Waals surface area contributed by atoms with Crippen LogP contribution < -0.4 is 5.73 Å². The largest absolute Gasteiger partial charge is 0.375 e. The number of nitrogens with two attached hydrogens (primary N) is 1. The van der Waals surface area contributed by atoms with E-state index in [2.05, 4.69) is 55.7 Å². The molecule has 0 amide bonds. The Bertz CT molecular complexity index is 842. The predicted molar refractivity (Wildman–Crippen MR) is 116 cm³/mol. The number of aromatic nitrogens is 5. The highest BCUT2D eigenvalue weighted by molar-refractivity contribution is 7.99. The molecule has 0 bridgehead atoms. The molecule has 0 aliphatic heterocycles. The third-order valence-electron chi connectivity index (χ3n) is 5.80. The number of thiazole rings is 1. The lowest BCUT2D eigenvalue weighted by Crippen LogP contribution is -2.34. The maximum atomic E-state index is 5.83. The zero-order valence-electron chi connectivity index (χ0n) is 16.4. The van der Waals surface area contributed by atoms with Crippen LogP contribution in [0.4, 0.5) is 5.13 Å². The third kappa shape index (κ3) is 4.12. The molecule has 3 aromatic heterocycles. The van der Waals surface area contributed by atoms with Crippen molar-refractivity contribution >= 4 is 28.2 Å². The van der Waals surface area contributed by atoms with Crippen molar-refractivity contribution in [1.82, 2.24) is 24.1 Å². The maximum Gasteiger partial charge on any atom is 0.180 e. The van der Waals surface area contributed by atoms with Crippen LogP contribution in [0.25, 0.3) is 0 Å². The summed E-state index contributed by atoms with van der Waals surface area (Å²) in [4.78, 5) is 13.2. The number of nitrogens with zero attached hydrogens (tertiary/aromatic N) is 5. The summed E-state index contributed by atoms with van der Waals surface area (Å²) in [6, 6.07) is 0.685. The molecule has 1 aliphatic carbocycles. The summed E-state index contributed by atoms with van der Waals surface area (Å²) in [6.45, 7) is 4.70. The normalized spacial score (nSPS) is 25.8. The van der Waals surface area contributed by atoms with Gasteiger partial charge in [-0.05, 0) is 24.7 Å². The van der Waals surface area contributed by atoms with Gasteiger partial charge >= 0.3 is 0 Å². The Morgan fingerprint density at radius 2 is 1.86 bits per heavy atom. The molecule has 1 aliphatic rings. The van der Waals surface area contributed by atoms with Crippen LogP contribution in [0.15, 0.2) is 42.8 Å². The van der Waals surface area contributed by atoms with E-state index in [1.165, 1.54) is 30.6 Å². The molecule has 2 N–H and O–H groups in total. The van der Waals surface area contributed by atoms with Crippen LogP contribution >= 0.6 is 23.1 Å². The Balaban J connectivity index is 1.68. The van der Waals surface area contributed by atoms with Crippen LogP contribution in [-0.4, -0.2) is 29.3 Å². The zero-order valence-corrected chi connectivity index (χ0v) is 18.0. The fourth-order valence-corrected chi connectivity index (χ4v) is 6.55. The highest BCUT2D eigenvalue weighted by Crippen LogP contribution is 2.47. The Morgan fingerprint density at radius 1 is 1.14 bits per heavy atom. The summed E-state index contributed by atoms with van der Waals surface area (Å²) in [7, 11) is 0. The minimum atomic E-state index is 0.326. The van der Waals surface area contributed by atoms with Crippen molar-refractivity contribution in [3.63, 3.8) is 0 Å². The molecule has 4 unspecified atom stereocenters. The van der Waals surface area contributed by atoms with Crippen LogP contribution in [0.3, 0.4) is 0 Å². The lowest BCUT2D eigenvalue weighted by Gasteiger charge is -2.38. The van der Waals surface area contributed by atoms with E-state index in [1.807, 2.05) is 36.8 Å². The molecule has 0 spiro atoms. The first-order chi connectivity index (χ1) is 13.6. The first kappa shape index (κ1) is 19.5. The molecular weight excluding hydrogens is 388 g/mol. The predicted octanol–water partition coefficient (Wildman–Crippen LogP) is 4.66.